The SMILES string of the molecule is COc1ccc(-c2nccc3c(C)c(C)n(Cc4cc(C)ccc4C)c23)cc1.Cl. The zero-order valence-electron chi connectivity index (χ0n) is 17.6. The lowest BCUT2D eigenvalue weighted by Crippen LogP contribution is -2.05. The number of methoxy groups -OCH3 is 1. The maximum Gasteiger partial charge on any atom is 0.118 e. The van der Waals surface area contributed by atoms with E-state index in [1.807, 2.05) is 18.3 Å². The molecule has 0 N–H and O–H groups in total. The van der Waals surface area contributed by atoms with E-state index in [1.165, 1.54) is 38.9 Å². The Hall–Kier alpha value is -2.78. The van der Waals surface area contributed by atoms with E-state index in [1.54, 1.807) is 7.11 Å². The molecular formula is C25H27ClN2O. The summed E-state index contributed by atoms with van der Waals surface area (Å²) >= 11 is 0. The zero-order chi connectivity index (χ0) is 19.8. The maximum absolute atomic E-state index is 5.32. The summed E-state index contributed by atoms with van der Waals surface area (Å²) < 4.78 is 7.73. The fraction of sp³-hybridized carbons (Fsp3) is 0.240. The Balaban J connectivity index is 0.00000240. The summed E-state index contributed by atoms with van der Waals surface area (Å²) in [5, 5.41) is 1.27. The number of hydrogen-bond donors (Lipinski definition) is 0. The van der Waals surface area contributed by atoms with Crippen LogP contribution in [-0.4, -0.2) is 16.7 Å². The number of fused-ring (bicyclic) bond motifs is 1. The molecule has 0 amide bonds. The number of rotatable bonds is 4. The number of nitrogens with zero attached hydrogens (tertiary/aromatic N) is 2. The molecule has 4 heteroatoms. The predicted molar refractivity (Wildman–Crippen MR) is 123 cm³/mol. The molecule has 0 saturated heterocycles. The van der Waals surface area contributed by atoms with Gasteiger partial charge in [0.25, 0.3) is 0 Å². The minimum absolute atomic E-state index is 0. The first-order chi connectivity index (χ1) is 13.5. The molecule has 0 atom stereocenters. The second-order valence-electron chi connectivity index (χ2n) is 7.51. The van der Waals surface area contributed by atoms with Crippen LogP contribution in [0.4, 0.5) is 0 Å². The predicted octanol–water partition coefficient (Wildman–Crippen LogP) is 6.42. The number of hydrogen-bond acceptors (Lipinski definition) is 2. The molecule has 29 heavy (non-hydrogen) atoms. The fourth-order valence-corrected chi connectivity index (χ4v) is 3.89. The van der Waals surface area contributed by atoms with Gasteiger partial charge in [0.1, 0.15) is 5.75 Å². The van der Waals surface area contributed by atoms with E-state index >= 15 is 0 Å². The van der Waals surface area contributed by atoms with Gasteiger partial charge in [0.15, 0.2) is 0 Å². The smallest absolute Gasteiger partial charge is 0.118 e. The lowest BCUT2D eigenvalue weighted by atomic mass is 10.1. The molecule has 150 valence electrons. The van der Waals surface area contributed by atoms with Crippen molar-refractivity contribution in [1.82, 2.24) is 9.55 Å². The summed E-state index contributed by atoms with van der Waals surface area (Å²) in [5.74, 6) is 0.856. The third-order valence-corrected chi connectivity index (χ3v) is 5.74. The molecule has 2 aromatic heterocycles. The highest BCUT2D eigenvalue weighted by atomic mass is 35.5. The van der Waals surface area contributed by atoms with Crippen LogP contribution in [-0.2, 0) is 6.54 Å². The number of aryl methyl sites for hydroxylation is 3. The van der Waals surface area contributed by atoms with Crippen molar-refractivity contribution in [3.05, 3.63) is 82.7 Å². The van der Waals surface area contributed by atoms with Crippen molar-refractivity contribution in [1.29, 1.82) is 0 Å². The van der Waals surface area contributed by atoms with Crippen LogP contribution in [0.2, 0.25) is 0 Å². The second kappa shape index (κ2) is 8.30. The summed E-state index contributed by atoms with van der Waals surface area (Å²) in [6.07, 6.45) is 1.91. The molecule has 0 fully saturated rings. The van der Waals surface area contributed by atoms with E-state index in [2.05, 4.69) is 68.7 Å². The molecular weight excluding hydrogens is 380 g/mol. The van der Waals surface area contributed by atoms with E-state index in [9.17, 15) is 0 Å². The fourth-order valence-electron chi connectivity index (χ4n) is 3.89. The van der Waals surface area contributed by atoms with Gasteiger partial charge in [0.2, 0.25) is 0 Å². The largest absolute Gasteiger partial charge is 0.497 e. The van der Waals surface area contributed by atoms with Crippen LogP contribution in [0.15, 0.2) is 54.7 Å². The third kappa shape index (κ3) is 3.75. The van der Waals surface area contributed by atoms with E-state index < -0.39 is 0 Å². The van der Waals surface area contributed by atoms with Crippen molar-refractivity contribution in [2.75, 3.05) is 7.11 Å². The Kier molecular flexibility index (Phi) is 5.99. The highest BCUT2D eigenvalue weighted by molar-refractivity contribution is 5.95. The summed E-state index contributed by atoms with van der Waals surface area (Å²) in [5.41, 5.74) is 9.89. The van der Waals surface area contributed by atoms with E-state index in [0.29, 0.717) is 0 Å². The Morgan fingerprint density at radius 1 is 0.931 bits per heavy atom. The van der Waals surface area contributed by atoms with Gasteiger partial charge in [-0.2, -0.15) is 0 Å². The van der Waals surface area contributed by atoms with Gasteiger partial charge in [-0.05, 0) is 74.7 Å². The second-order valence-corrected chi connectivity index (χ2v) is 7.51. The molecule has 0 spiro atoms. The molecule has 0 aliphatic rings. The molecule has 0 radical (unpaired) electrons. The minimum Gasteiger partial charge on any atom is -0.497 e. The Labute approximate surface area is 178 Å². The first-order valence-electron chi connectivity index (χ1n) is 9.64. The van der Waals surface area contributed by atoms with Gasteiger partial charge in [-0.25, -0.2) is 0 Å². The molecule has 2 heterocycles. The monoisotopic (exact) mass is 406 g/mol. The molecule has 0 aliphatic carbocycles. The maximum atomic E-state index is 5.32. The van der Waals surface area contributed by atoms with Gasteiger partial charge in [-0.15, -0.1) is 12.4 Å². The molecule has 0 saturated carbocycles. The normalized spacial score (nSPS) is 10.8. The van der Waals surface area contributed by atoms with Crippen LogP contribution in [0.5, 0.6) is 5.75 Å². The van der Waals surface area contributed by atoms with Crippen molar-refractivity contribution < 1.29 is 4.74 Å². The van der Waals surface area contributed by atoms with Crippen molar-refractivity contribution in [2.45, 2.75) is 34.2 Å². The van der Waals surface area contributed by atoms with E-state index in [-0.39, 0.29) is 12.4 Å². The third-order valence-electron chi connectivity index (χ3n) is 5.74. The molecule has 0 unspecified atom stereocenters. The highest BCUT2D eigenvalue weighted by Crippen LogP contribution is 2.33. The van der Waals surface area contributed by atoms with Gasteiger partial charge in [-0.3, -0.25) is 4.98 Å². The minimum atomic E-state index is 0. The topological polar surface area (TPSA) is 27.1 Å². The number of ether oxygens (including phenoxy) is 1. The van der Waals surface area contributed by atoms with Crippen molar-refractivity contribution in [3.63, 3.8) is 0 Å². The van der Waals surface area contributed by atoms with Crippen LogP contribution in [0.3, 0.4) is 0 Å². The number of aromatic nitrogens is 2. The molecule has 0 aliphatic heterocycles. The average molecular weight is 407 g/mol. The van der Waals surface area contributed by atoms with Crippen LogP contribution < -0.4 is 4.74 Å². The first-order valence-corrected chi connectivity index (χ1v) is 9.64. The Morgan fingerprint density at radius 3 is 2.34 bits per heavy atom. The van der Waals surface area contributed by atoms with Crippen LogP contribution in [0.1, 0.15) is 27.9 Å². The van der Waals surface area contributed by atoms with E-state index in [4.69, 9.17) is 9.72 Å². The quantitative estimate of drug-likeness (QED) is 0.391. The lowest BCUT2D eigenvalue weighted by molar-refractivity contribution is 0.415. The Bertz CT molecular complexity index is 1160. The average Bonchev–Trinajstić information content (AvgIpc) is 2.96. The van der Waals surface area contributed by atoms with Crippen molar-refractivity contribution in [3.8, 4) is 17.0 Å². The lowest BCUT2D eigenvalue weighted by Gasteiger charge is -2.14. The molecule has 2 aromatic carbocycles. The highest BCUT2D eigenvalue weighted by Gasteiger charge is 2.17. The summed E-state index contributed by atoms with van der Waals surface area (Å²) in [7, 11) is 1.69. The zero-order valence-corrected chi connectivity index (χ0v) is 18.4. The van der Waals surface area contributed by atoms with Crippen molar-refractivity contribution >= 4 is 23.3 Å². The van der Waals surface area contributed by atoms with Gasteiger partial charge >= 0.3 is 0 Å². The molecule has 0 bridgehead atoms. The molecule has 4 aromatic rings. The van der Waals surface area contributed by atoms with Crippen molar-refractivity contribution in [2.24, 2.45) is 0 Å². The molecule has 3 nitrogen and oxygen atoms in total. The molecule has 4 rings (SSSR count). The van der Waals surface area contributed by atoms with Crippen LogP contribution >= 0.6 is 12.4 Å². The van der Waals surface area contributed by atoms with Gasteiger partial charge in [0, 0.05) is 29.4 Å². The van der Waals surface area contributed by atoms with Gasteiger partial charge in [0.05, 0.1) is 18.3 Å². The number of pyridine rings is 1. The summed E-state index contributed by atoms with van der Waals surface area (Å²) in [6.45, 7) is 9.59. The summed E-state index contributed by atoms with van der Waals surface area (Å²) in [4.78, 5) is 4.77. The van der Waals surface area contributed by atoms with E-state index in [0.717, 1.165) is 23.6 Å². The number of halogens is 1. The van der Waals surface area contributed by atoms with Gasteiger partial charge in [-0.1, -0.05) is 23.8 Å². The summed E-state index contributed by atoms with van der Waals surface area (Å²) in [6, 6.07) is 17.0. The standard InChI is InChI=1S/C25H26N2O.ClH/c1-16-6-7-17(2)21(14-16)15-27-19(4)18(3)23-12-13-26-24(25(23)27)20-8-10-22(28-5)11-9-20;/h6-14H,15H2,1-5H3;1H. The Morgan fingerprint density at radius 2 is 1.66 bits per heavy atom. The van der Waals surface area contributed by atoms with Crippen LogP contribution in [0, 0.1) is 27.7 Å². The number of benzene rings is 2. The van der Waals surface area contributed by atoms with Gasteiger partial charge < -0.3 is 9.30 Å². The first kappa shape index (κ1) is 20.9. The van der Waals surface area contributed by atoms with Crippen LogP contribution in [0.25, 0.3) is 22.2 Å².